The summed E-state index contributed by atoms with van der Waals surface area (Å²) in [7, 11) is 0. The molecule has 3 rings (SSSR count). The summed E-state index contributed by atoms with van der Waals surface area (Å²) in [5.74, 6) is 0.180. The highest BCUT2D eigenvalue weighted by molar-refractivity contribution is 5.56. The van der Waals surface area contributed by atoms with Crippen LogP contribution in [0.25, 0.3) is 0 Å². The first kappa shape index (κ1) is 13.5. The third-order valence-corrected chi connectivity index (χ3v) is 3.98. The average molecular weight is 283 g/mol. The molecule has 1 fully saturated rings. The summed E-state index contributed by atoms with van der Waals surface area (Å²) in [6.07, 6.45) is 1.06. The Morgan fingerprint density at radius 3 is 2.70 bits per heavy atom. The van der Waals surface area contributed by atoms with Crippen molar-refractivity contribution in [2.75, 3.05) is 5.32 Å². The zero-order valence-corrected chi connectivity index (χ0v) is 11.7. The molecule has 0 bridgehead atoms. The molecule has 0 amide bonds. The Morgan fingerprint density at radius 2 is 1.95 bits per heavy atom. The van der Waals surface area contributed by atoms with E-state index in [9.17, 15) is 8.78 Å². The molecule has 0 radical (unpaired) electrons. The number of hydrogen-bond acceptors (Lipinski definition) is 3. The summed E-state index contributed by atoms with van der Waals surface area (Å²) >= 11 is 0. The van der Waals surface area contributed by atoms with Gasteiger partial charge in [0, 0.05) is 17.8 Å². The number of fused-ring (bicyclic) bond motifs is 1. The molecule has 1 aliphatic heterocycles. The summed E-state index contributed by atoms with van der Waals surface area (Å²) in [4.78, 5) is 0. The Labute approximate surface area is 117 Å². The van der Waals surface area contributed by atoms with E-state index in [0.29, 0.717) is 11.5 Å². The van der Waals surface area contributed by atoms with Gasteiger partial charge in [-0.15, -0.1) is 8.78 Å². The van der Waals surface area contributed by atoms with Crippen molar-refractivity contribution in [3.63, 3.8) is 0 Å². The molecule has 1 saturated carbocycles. The van der Waals surface area contributed by atoms with E-state index in [-0.39, 0.29) is 11.5 Å². The number of rotatable bonds is 2. The van der Waals surface area contributed by atoms with Crippen LogP contribution in [-0.2, 0) is 0 Å². The van der Waals surface area contributed by atoms with Crippen LogP contribution < -0.4 is 14.8 Å². The third kappa shape index (κ3) is 2.81. The maximum absolute atomic E-state index is 13.0. The van der Waals surface area contributed by atoms with Gasteiger partial charge >= 0.3 is 6.29 Å². The molecule has 1 aliphatic carbocycles. The highest BCUT2D eigenvalue weighted by atomic mass is 19.3. The van der Waals surface area contributed by atoms with E-state index in [4.69, 9.17) is 0 Å². The van der Waals surface area contributed by atoms with Gasteiger partial charge in [-0.05, 0) is 36.8 Å². The number of halogens is 2. The SMILES string of the molecule is CC1(C)CCCC(Nc2ccc3c(c2)OC(F)(F)O3)C1. The van der Waals surface area contributed by atoms with Crippen molar-refractivity contribution in [3.05, 3.63) is 18.2 Å². The summed E-state index contributed by atoms with van der Waals surface area (Å²) in [6.45, 7) is 4.53. The summed E-state index contributed by atoms with van der Waals surface area (Å²) < 4.78 is 34.8. The summed E-state index contributed by atoms with van der Waals surface area (Å²) in [5.41, 5.74) is 1.13. The molecule has 1 aromatic rings. The molecule has 1 atom stereocenters. The van der Waals surface area contributed by atoms with Crippen molar-refractivity contribution in [1.82, 2.24) is 0 Å². The van der Waals surface area contributed by atoms with Crippen LogP contribution in [0.4, 0.5) is 14.5 Å². The second-order valence-corrected chi connectivity index (χ2v) is 6.43. The van der Waals surface area contributed by atoms with Crippen LogP contribution in [0.1, 0.15) is 39.5 Å². The second-order valence-electron chi connectivity index (χ2n) is 6.43. The predicted octanol–water partition coefficient (Wildman–Crippen LogP) is 4.39. The molecule has 0 saturated heterocycles. The van der Waals surface area contributed by atoms with Crippen LogP contribution in [0, 0.1) is 5.41 Å². The molecule has 0 aromatic heterocycles. The minimum Gasteiger partial charge on any atom is -0.395 e. The highest BCUT2D eigenvalue weighted by Crippen LogP contribution is 2.43. The van der Waals surface area contributed by atoms with Crippen LogP contribution in [0.5, 0.6) is 11.5 Å². The Hall–Kier alpha value is -1.52. The standard InChI is InChI=1S/C15H19F2NO2/c1-14(2)7-3-4-11(9-14)18-10-5-6-12-13(8-10)20-15(16,17)19-12/h5-6,8,11,18H,3-4,7,9H2,1-2H3. The zero-order valence-electron chi connectivity index (χ0n) is 11.7. The van der Waals surface area contributed by atoms with Gasteiger partial charge in [0.25, 0.3) is 0 Å². The Bertz CT molecular complexity index is 517. The first-order valence-corrected chi connectivity index (χ1v) is 6.99. The molecular weight excluding hydrogens is 264 g/mol. The van der Waals surface area contributed by atoms with Crippen molar-refractivity contribution in [1.29, 1.82) is 0 Å². The fourth-order valence-corrected chi connectivity index (χ4v) is 3.10. The molecule has 3 nitrogen and oxygen atoms in total. The topological polar surface area (TPSA) is 30.5 Å². The smallest absolute Gasteiger partial charge is 0.395 e. The van der Waals surface area contributed by atoms with E-state index in [1.54, 1.807) is 12.1 Å². The Balaban J connectivity index is 1.71. The van der Waals surface area contributed by atoms with Crippen LogP contribution in [0.2, 0.25) is 0 Å². The average Bonchev–Trinajstić information content (AvgIpc) is 2.61. The van der Waals surface area contributed by atoms with E-state index >= 15 is 0 Å². The molecule has 1 heterocycles. The van der Waals surface area contributed by atoms with Gasteiger partial charge in [-0.1, -0.05) is 20.3 Å². The van der Waals surface area contributed by atoms with Gasteiger partial charge in [0.15, 0.2) is 11.5 Å². The fourth-order valence-electron chi connectivity index (χ4n) is 3.10. The van der Waals surface area contributed by atoms with Gasteiger partial charge in [-0.25, -0.2) is 0 Å². The summed E-state index contributed by atoms with van der Waals surface area (Å²) in [5, 5.41) is 3.41. The third-order valence-electron chi connectivity index (χ3n) is 3.98. The predicted molar refractivity (Wildman–Crippen MR) is 72.3 cm³/mol. The minimum absolute atomic E-state index is 0.0875. The van der Waals surface area contributed by atoms with Crippen LogP contribution in [0.3, 0.4) is 0 Å². The molecule has 110 valence electrons. The lowest BCUT2D eigenvalue weighted by atomic mass is 9.75. The van der Waals surface area contributed by atoms with Crippen LogP contribution in [-0.4, -0.2) is 12.3 Å². The van der Waals surface area contributed by atoms with Crippen molar-refractivity contribution < 1.29 is 18.3 Å². The number of anilines is 1. The maximum Gasteiger partial charge on any atom is 0.586 e. The number of ether oxygens (including phenoxy) is 2. The second kappa shape index (κ2) is 4.50. The van der Waals surface area contributed by atoms with Crippen molar-refractivity contribution in [3.8, 4) is 11.5 Å². The largest absolute Gasteiger partial charge is 0.586 e. The van der Waals surface area contributed by atoms with E-state index < -0.39 is 6.29 Å². The van der Waals surface area contributed by atoms with Gasteiger partial charge in [0.1, 0.15) is 0 Å². The monoisotopic (exact) mass is 283 g/mol. The maximum atomic E-state index is 13.0. The molecule has 1 N–H and O–H groups in total. The van der Waals surface area contributed by atoms with E-state index in [0.717, 1.165) is 18.5 Å². The molecular formula is C15H19F2NO2. The first-order chi connectivity index (χ1) is 9.33. The van der Waals surface area contributed by atoms with Crippen LogP contribution >= 0.6 is 0 Å². The first-order valence-electron chi connectivity index (χ1n) is 6.99. The van der Waals surface area contributed by atoms with Gasteiger partial charge in [-0.3, -0.25) is 0 Å². The van der Waals surface area contributed by atoms with Crippen molar-refractivity contribution in [2.24, 2.45) is 5.41 Å². The number of hydrogen-bond donors (Lipinski definition) is 1. The lowest BCUT2D eigenvalue weighted by molar-refractivity contribution is -0.286. The fraction of sp³-hybridized carbons (Fsp3) is 0.600. The van der Waals surface area contributed by atoms with Gasteiger partial charge in [-0.2, -0.15) is 0 Å². The number of alkyl halides is 2. The molecule has 20 heavy (non-hydrogen) atoms. The number of nitrogens with one attached hydrogen (secondary N) is 1. The zero-order chi connectivity index (χ0) is 14.4. The van der Waals surface area contributed by atoms with Gasteiger partial charge in [0.05, 0.1) is 0 Å². The minimum atomic E-state index is -3.55. The van der Waals surface area contributed by atoms with Gasteiger partial charge < -0.3 is 14.8 Å². The summed E-state index contributed by atoms with van der Waals surface area (Å²) in [6, 6.07) is 5.23. The quantitative estimate of drug-likeness (QED) is 0.873. The van der Waals surface area contributed by atoms with Crippen molar-refractivity contribution >= 4 is 5.69 Å². The number of benzene rings is 1. The Kier molecular flexibility index (Phi) is 3.03. The molecule has 1 aromatic carbocycles. The van der Waals surface area contributed by atoms with Crippen molar-refractivity contribution in [2.45, 2.75) is 51.9 Å². The molecule has 5 heteroatoms. The molecule has 2 aliphatic rings. The Morgan fingerprint density at radius 1 is 1.20 bits per heavy atom. The molecule has 0 spiro atoms. The molecule has 1 unspecified atom stereocenters. The van der Waals surface area contributed by atoms with Gasteiger partial charge in [0.2, 0.25) is 0 Å². The van der Waals surface area contributed by atoms with Crippen LogP contribution in [0.15, 0.2) is 18.2 Å². The highest BCUT2D eigenvalue weighted by Gasteiger charge is 2.43. The van der Waals surface area contributed by atoms with E-state index in [1.807, 2.05) is 0 Å². The lowest BCUT2D eigenvalue weighted by Gasteiger charge is -2.36. The normalized spacial score (nSPS) is 26.3. The lowest BCUT2D eigenvalue weighted by Crippen LogP contribution is -2.31. The van der Waals surface area contributed by atoms with E-state index in [2.05, 4.69) is 28.6 Å². The van der Waals surface area contributed by atoms with E-state index in [1.165, 1.54) is 18.9 Å².